The van der Waals surface area contributed by atoms with E-state index in [1.54, 1.807) is 18.4 Å². The van der Waals surface area contributed by atoms with E-state index in [2.05, 4.69) is 21.6 Å². The Labute approximate surface area is 266 Å². The minimum atomic E-state index is -1.07. The highest BCUT2D eigenvalue weighted by Crippen LogP contribution is 2.40. The topological polar surface area (TPSA) is 134 Å². The molecule has 10 heteroatoms. The summed E-state index contributed by atoms with van der Waals surface area (Å²) in [5, 5.41) is 12.1. The monoisotopic (exact) mass is 631 g/mol. The molecule has 3 aromatic carbocycles. The van der Waals surface area contributed by atoms with Crippen LogP contribution in [0.15, 0.2) is 66.7 Å². The molecule has 238 valence electrons. The van der Waals surface area contributed by atoms with E-state index in [4.69, 9.17) is 9.94 Å². The van der Waals surface area contributed by atoms with Crippen LogP contribution in [0.25, 0.3) is 0 Å². The van der Waals surface area contributed by atoms with Gasteiger partial charge in [0.2, 0.25) is 0 Å². The predicted octanol–water partition coefficient (Wildman–Crippen LogP) is 4.81. The van der Waals surface area contributed by atoms with Gasteiger partial charge < -0.3 is 10.4 Å². The lowest BCUT2D eigenvalue weighted by atomic mass is 9.76. The maximum Gasteiger partial charge on any atom is 0.303 e. The molecular weight excluding hydrogens is 590 g/mol. The molecule has 2 amide bonds. The molecule has 0 aromatic heterocycles. The number of hydrogen-bond acceptors (Lipinski definition) is 5. The number of carbonyl (C=O) groups is 3. The zero-order valence-corrected chi connectivity index (χ0v) is 26.5. The fraction of sp³-hybridized carbons (Fsp3) is 0.400. The molecule has 0 radical (unpaired) electrons. The first-order valence-corrected chi connectivity index (χ1v) is 17.0. The van der Waals surface area contributed by atoms with Gasteiger partial charge >= 0.3 is 5.97 Å². The van der Waals surface area contributed by atoms with Crippen LogP contribution >= 0.6 is 0 Å². The van der Waals surface area contributed by atoms with Crippen molar-refractivity contribution in [2.45, 2.75) is 76.5 Å². The van der Waals surface area contributed by atoms with Crippen LogP contribution in [0.4, 0.5) is 0 Å². The van der Waals surface area contributed by atoms with Gasteiger partial charge in [-0.2, -0.15) is 0 Å². The van der Waals surface area contributed by atoms with Gasteiger partial charge in [-0.1, -0.05) is 79.1 Å². The molecule has 5 atom stereocenters. The molecule has 0 bridgehead atoms. The molecule has 1 aliphatic carbocycles. The normalized spacial score (nSPS) is 21.8. The molecule has 1 heterocycles. The van der Waals surface area contributed by atoms with Crippen molar-refractivity contribution in [2.75, 3.05) is 6.26 Å². The number of hydroxylamine groups is 1. The number of amides is 2. The molecule has 9 nitrogen and oxygen atoms in total. The highest BCUT2D eigenvalue weighted by atomic mass is 32.2. The van der Waals surface area contributed by atoms with Crippen molar-refractivity contribution in [3.8, 4) is 0 Å². The SMILES string of the molecule is Cc1ccc([C@@H]2NC(=O)c3ccccc3[C@H]2C(=O)NOCc2cccc(CCC(=O)O)c2)c(CC2CCCC(NS(C)=O)C2)c1. The number of nitrogens with one attached hydrogen (secondary N) is 3. The van der Waals surface area contributed by atoms with Crippen LogP contribution in [-0.2, 0) is 44.9 Å². The highest BCUT2D eigenvalue weighted by molar-refractivity contribution is 7.82. The molecule has 1 aliphatic heterocycles. The molecule has 3 aromatic rings. The van der Waals surface area contributed by atoms with Crippen LogP contribution in [0.5, 0.6) is 0 Å². The van der Waals surface area contributed by atoms with Crippen LogP contribution in [0.1, 0.15) is 87.8 Å². The zero-order valence-electron chi connectivity index (χ0n) is 25.7. The number of rotatable bonds is 12. The van der Waals surface area contributed by atoms with Gasteiger partial charge in [-0.25, -0.2) is 14.4 Å². The Hall–Kier alpha value is -3.86. The summed E-state index contributed by atoms with van der Waals surface area (Å²) in [6.45, 7) is 2.15. The number of aryl methyl sites for hydroxylation is 2. The van der Waals surface area contributed by atoms with Crippen molar-refractivity contribution in [3.63, 3.8) is 0 Å². The Morgan fingerprint density at radius 2 is 1.82 bits per heavy atom. The smallest absolute Gasteiger partial charge is 0.303 e. The third kappa shape index (κ3) is 8.45. The van der Waals surface area contributed by atoms with Gasteiger partial charge in [-0.05, 0) is 72.4 Å². The summed E-state index contributed by atoms with van der Waals surface area (Å²) >= 11 is 0. The van der Waals surface area contributed by atoms with Gasteiger partial charge in [0.25, 0.3) is 11.8 Å². The average molecular weight is 632 g/mol. The summed E-state index contributed by atoms with van der Waals surface area (Å²) in [5.74, 6) is -1.80. The van der Waals surface area contributed by atoms with E-state index in [1.807, 2.05) is 55.5 Å². The van der Waals surface area contributed by atoms with Crippen LogP contribution in [0.2, 0.25) is 0 Å². The first kappa shape index (κ1) is 32.5. The van der Waals surface area contributed by atoms with Crippen molar-refractivity contribution in [1.82, 2.24) is 15.5 Å². The van der Waals surface area contributed by atoms with Gasteiger partial charge in [0, 0.05) is 24.3 Å². The van der Waals surface area contributed by atoms with Gasteiger partial charge in [0.1, 0.15) is 0 Å². The predicted molar refractivity (Wildman–Crippen MR) is 173 cm³/mol. The molecule has 45 heavy (non-hydrogen) atoms. The fourth-order valence-corrected chi connectivity index (χ4v) is 7.41. The third-order valence-corrected chi connectivity index (χ3v) is 9.40. The molecular formula is C35H41N3O6S. The highest BCUT2D eigenvalue weighted by Gasteiger charge is 2.40. The van der Waals surface area contributed by atoms with Crippen molar-refractivity contribution in [3.05, 3.63) is 106 Å². The number of benzene rings is 3. The van der Waals surface area contributed by atoms with Gasteiger partial charge in [-0.15, -0.1) is 0 Å². The maximum absolute atomic E-state index is 13.9. The average Bonchev–Trinajstić information content (AvgIpc) is 3.00. The number of carboxylic acid groups (broad SMARTS) is 1. The maximum atomic E-state index is 13.9. The summed E-state index contributed by atoms with van der Waals surface area (Å²) in [7, 11) is -1.07. The van der Waals surface area contributed by atoms with Crippen molar-refractivity contribution < 1.29 is 28.5 Å². The fourth-order valence-electron chi connectivity index (χ4n) is 6.73. The van der Waals surface area contributed by atoms with E-state index >= 15 is 0 Å². The van der Waals surface area contributed by atoms with Crippen LogP contribution in [0, 0.1) is 12.8 Å². The van der Waals surface area contributed by atoms with E-state index in [-0.39, 0.29) is 30.9 Å². The summed E-state index contributed by atoms with van der Waals surface area (Å²) < 4.78 is 15.0. The minimum Gasteiger partial charge on any atom is -0.481 e. The molecule has 1 saturated carbocycles. The Kier molecular flexibility index (Phi) is 10.8. The second kappa shape index (κ2) is 14.9. The lowest BCUT2D eigenvalue weighted by Gasteiger charge is -2.35. The zero-order chi connectivity index (χ0) is 31.9. The van der Waals surface area contributed by atoms with E-state index in [0.29, 0.717) is 23.5 Å². The first-order chi connectivity index (χ1) is 21.7. The number of carbonyl (C=O) groups excluding carboxylic acids is 2. The van der Waals surface area contributed by atoms with Gasteiger partial charge in [0.05, 0.1) is 29.6 Å². The Balaban J connectivity index is 1.37. The number of fused-ring (bicyclic) bond motifs is 1. The second-order valence-electron chi connectivity index (χ2n) is 12.2. The second-order valence-corrected chi connectivity index (χ2v) is 13.3. The molecule has 4 N–H and O–H groups in total. The number of carboxylic acids is 1. The van der Waals surface area contributed by atoms with Crippen LogP contribution in [0.3, 0.4) is 0 Å². The van der Waals surface area contributed by atoms with Crippen LogP contribution < -0.4 is 15.5 Å². The minimum absolute atomic E-state index is 0.0358. The number of hydrogen-bond donors (Lipinski definition) is 4. The van der Waals surface area contributed by atoms with Gasteiger partial charge in [0.15, 0.2) is 0 Å². The lowest BCUT2D eigenvalue weighted by molar-refractivity contribution is -0.137. The van der Waals surface area contributed by atoms with Crippen LogP contribution in [-0.4, -0.2) is 39.4 Å². The summed E-state index contributed by atoms with van der Waals surface area (Å²) in [6.07, 6.45) is 6.95. The van der Waals surface area contributed by atoms with E-state index in [0.717, 1.165) is 59.9 Å². The van der Waals surface area contributed by atoms with E-state index in [1.165, 1.54) is 0 Å². The third-order valence-electron chi connectivity index (χ3n) is 8.73. The Morgan fingerprint density at radius 3 is 2.62 bits per heavy atom. The molecule has 3 unspecified atom stereocenters. The Morgan fingerprint density at radius 1 is 1.02 bits per heavy atom. The van der Waals surface area contributed by atoms with Crippen molar-refractivity contribution >= 4 is 28.8 Å². The molecule has 0 spiro atoms. The molecule has 2 aliphatic rings. The largest absolute Gasteiger partial charge is 0.481 e. The quantitative estimate of drug-likeness (QED) is 0.212. The summed E-state index contributed by atoms with van der Waals surface area (Å²) in [6, 6.07) is 20.4. The molecule has 0 saturated heterocycles. The van der Waals surface area contributed by atoms with Gasteiger partial charge in [-0.3, -0.25) is 19.2 Å². The lowest BCUT2D eigenvalue weighted by Crippen LogP contribution is -2.45. The van der Waals surface area contributed by atoms with E-state index in [9.17, 15) is 18.6 Å². The number of aliphatic carboxylic acids is 1. The summed E-state index contributed by atoms with van der Waals surface area (Å²) in [4.78, 5) is 43.9. The van der Waals surface area contributed by atoms with Crippen molar-refractivity contribution in [1.29, 1.82) is 0 Å². The van der Waals surface area contributed by atoms with Crippen molar-refractivity contribution in [2.24, 2.45) is 5.92 Å². The Bertz CT molecular complexity index is 1580. The standard InChI is InChI=1S/C35H41N3O6S/c1-22-13-15-28(26(17-22)19-24-8-6-10-27(20-24)38-45(2)43)33-32(29-11-3-4-12-30(29)34(41)36-33)35(42)37-44-21-25-9-5-7-23(18-25)14-16-31(39)40/h3-5,7,9,11-13,15,17-18,24,27,32-33,38H,6,8,10,14,16,19-21H2,1-2H3,(H,36,41)(H,37,42)(H,39,40)/t24?,27?,32-,33+,45?/m1/s1. The summed E-state index contributed by atoms with van der Waals surface area (Å²) in [5.41, 5.74) is 8.53. The molecule has 5 rings (SSSR count). The van der Waals surface area contributed by atoms with E-state index < -0.39 is 28.9 Å². The first-order valence-electron chi connectivity index (χ1n) is 15.5. The molecule has 1 fully saturated rings.